The highest BCUT2D eigenvalue weighted by atomic mass is 32.1. The van der Waals surface area contributed by atoms with Gasteiger partial charge in [0.1, 0.15) is 11.6 Å². The van der Waals surface area contributed by atoms with Crippen LogP contribution in [0.5, 0.6) is 0 Å². The molecule has 7 nitrogen and oxygen atoms in total. The number of aromatic nitrogens is 4. The molecule has 8 heteroatoms. The summed E-state index contributed by atoms with van der Waals surface area (Å²) in [5, 5.41) is 13.9. The number of fused-ring (bicyclic) bond motifs is 1. The van der Waals surface area contributed by atoms with Crippen LogP contribution in [0, 0.1) is 0 Å². The summed E-state index contributed by atoms with van der Waals surface area (Å²) in [5.74, 6) is 0.722. The minimum Gasteiger partial charge on any atom is -0.381 e. The summed E-state index contributed by atoms with van der Waals surface area (Å²) >= 11 is 1.56. The second-order valence-electron chi connectivity index (χ2n) is 4.75. The molecule has 1 aliphatic heterocycles. The molecule has 0 aromatic carbocycles. The average molecular weight is 283 g/mol. The van der Waals surface area contributed by atoms with E-state index in [4.69, 9.17) is 15.2 Å². The maximum atomic E-state index is 6.00. The smallest absolute Gasteiger partial charge is 0.234 e. The van der Waals surface area contributed by atoms with Crippen LogP contribution in [0.1, 0.15) is 23.7 Å². The van der Waals surface area contributed by atoms with Crippen LogP contribution in [-0.2, 0) is 21.5 Å². The van der Waals surface area contributed by atoms with Crippen molar-refractivity contribution in [3.63, 3.8) is 0 Å². The van der Waals surface area contributed by atoms with E-state index in [1.807, 2.05) is 0 Å². The summed E-state index contributed by atoms with van der Waals surface area (Å²) in [4.78, 5) is 0.793. The van der Waals surface area contributed by atoms with Crippen molar-refractivity contribution >= 4 is 16.3 Å². The first-order valence-electron chi connectivity index (χ1n) is 6.27. The Bertz CT molecular complexity index is 560. The van der Waals surface area contributed by atoms with E-state index in [1.54, 1.807) is 23.0 Å². The van der Waals surface area contributed by atoms with Crippen molar-refractivity contribution in [2.75, 3.05) is 26.9 Å². The average Bonchev–Trinajstić information content (AvgIpc) is 3.02. The van der Waals surface area contributed by atoms with Crippen LogP contribution < -0.4 is 5.73 Å². The normalized spacial score (nSPS) is 19.1. The number of nitrogens with zero attached hydrogens (tertiary/aromatic N) is 4. The van der Waals surface area contributed by atoms with Gasteiger partial charge >= 0.3 is 0 Å². The molecule has 0 aliphatic carbocycles. The fraction of sp³-hybridized carbons (Fsp3) is 0.727. The lowest BCUT2D eigenvalue weighted by molar-refractivity contribution is 0.0525. The van der Waals surface area contributed by atoms with Gasteiger partial charge in [-0.05, 0) is 12.8 Å². The number of hydrogen-bond acceptors (Lipinski definition) is 7. The van der Waals surface area contributed by atoms with Crippen molar-refractivity contribution in [1.29, 1.82) is 0 Å². The van der Waals surface area contributed by atoms with Crippen LogP contribution in [0.4, 0.5) is 0 Å². The van der Waals surface area contributed by atoms with Crippen molar-refractivity contribution in [1.82, 2.24) is 19.8 Å². The molecular weight excluding hydrogens is 266 g/mol. The zero-order valence-corrected chi connectivity index (χ0v) is 11.7. The molecule has 3 heterocycles. The van der Waals surface area contributed by atoms with Crippen LogP contribution in [0.3, 0.4) is 0 Å². The molecule has 0 amide bonds. The Morgan fingerprint density at radius 2 is 2.21 bits per heavy atom. The second-order valence-corrected chi connectivity index (χ2v) is 5.70. The molecule has 0 unspecified atom stereocenters. The number of methoxy groups -OCH3 is 1. The molecule has 0 radical (unpaired) electrons. The lowest BCUT2D eigenvalue weighted by atomic mass is 9.81. The maximum absolute atomic E-state index is 6.00. The molecule has 1 aliphatic rings. The van der Waals surface area contributed by atoms with Gasteiger partial charge in [-0.2, -0.15) is 9.61 Å². The molecule has 2 aromatic heterocycles. The lowest BCUT2D eigenvalue weighted by Crippen LogP contribution is -2.40. The Hall–Kier alpha value is -1.09. The topological polar surface area (TPSA) is 87.6 Å². The maximum Gasteiger partial charge on any atom is 0.234 e. The van der Waals surface area contributed by atoms with Gasteiger partial charge in [-0.3, -0.25) is 0 Å². The Balaban J connectivity index is 1.99. The zero-order chi connectivity index (χ0) is 13.3. The lowest BCUT2D eigenvalue weighted by Gasteiger charge is -2.33. The summed E-state index contributed by atoms with van der Waals surface area (Å²) in [5.41, 5.74) is 5.92. The van der Waals surface area contributed by atoms with Crippen molar-refractivity contribution in [3.05, 3.63) is 10.8 Å². The molecule has 19 heavy (non-hydrogen) atoms. The Kier molecular flexibility index (Phi) is 3.48. The highest BCUT2D eigenvalue weighted by molar-refractivity contribution is 7.16. The predicted molar refractivity (Wildman–Crippen MR) is 70.2 cm³/mol. The fourth-order valence-electron chi connectivity index (χ4n) is 2.36. The van der Waals surface area contributed by atoms with Crippen LogP contribution in [0.15, 0.2) is 0 Å². The van der Waals surface area contributed by atoms with Gasteiger partial charge in [-0.25, -0.2) is 0 Å². The van der Waals surface area contributed by atoms with Gasteiger partial charge in [0.05, 0.1) is 0 Å². The second kappa shape index (κ2) is 5.12. The summed E-state index contributed by atoms with van der Waals surface area (Å²) in [6.07, 6.45) is 1.82. The molecule has 2 aromatic rings. The van der Waals surface area contributed by atoms with Gasteiger partial charge < -0.3 is 15.2 Å². The largest absolute Gasteiger partial charge is 0.381 e. The predicted octanol–water partition coefficient (Wildman–Crippen LogP) is 0.339. The van der Waals surface area contributed by atoms with E-state index in [0.717, 1.165) is 41.8 Å². The zero-order valence-electron chi connectivity index (χ0n) is 10.8. The molecule has 0 spiro atoms. The van der Waals surface area contributed by atoms with Crippen LogP contribution in [-0.4, -0.2) is 46.7 Å². The molecule has 0 saturated carbocycles. The molecule has 0 bridgehead atoms. The van der Waals surface area contributed by atoms with Gasteiger partial charge in [-0.15, -0.1) is 10.2 Å². The third-order valence-electron chi connectivity index (χ3n) is 3.62. The highest BCUT2D eigenvalue weighted by Crippen LogP contribution is 2.36. The van der Waals surface area contributed by atoms with Gasteiger partial charge in [-0.1, -0.05) is 11.3 Å². The van der Waals surface area contributed by atoms with E-state index >= 15 is 0 Å². The van der Waals surface area contributed by atoms with E-state index in [0.29, 0.717) is 13.2 Å². The summed E-state index contributed by atoms with van der Waals surface area (Å²) in [7, 11) is 1.63. The molecule has 1 saturated heterocycles. The third kappa shape index (κ3) is 2.14. The number of rotatable bonds is 4. The first-order chi connectivity index (χ1) is 9.29. The minimum atomic E-state index is -0.0754. The molecule has 3 rings (SSSR count). The SMILES string of the molecule is COCc1nnc2sc(C3(CN)CCOCC3)nn12. The summed E-state index contributed by atoms with van der Waals surface area (Å²) < 4.78 is 12.3. The number of ether oxygens (including phenoxy) is 2. The van der Waals surface area contributed by atoms with E-state index in [1.165, 1.54) is 0 Å². The number of hydrogen-bond donors (Lipinski definition) is 1. The van der Waals surface area contributed by atoms with E-state index in [2.05, 4.69) is 15.3 Å². The van der Waals surface area contributed by atoms with E-state index in [9.17, 15) is 0 Å². The molecule has 0 atom stereocenters. The third-order valence-corrected chi connectivity index (χ3v) is 4.77. The standard InChI is InChI=1S/C11H17N5O2S/c1-17-6-8-13-14-10-16(8)15-9(19-10)11(7-12)2-4-18-5-3-11/h2-7,12H2,1H3. The van der Waals surface area contributed by atoms with Crippen molar-refractivity contribution < 1.29 is 9.47 Å². The monoisotopic (exact) mass is 283 g/mol. The molecular formula is C11H17N5O2S. The molecule has 1 fully saturated rings. The first-order valence-corrected chi connectivity index (χ1v) is 7.09. The van der Waals surface area contributed by atoms with Crippen LogP contribution >= 0.6 is 11.3 Å². The van der Waals surface area contributed by atoms with Gasteiger partial charge in [0.25, 0.3) is 0 Å². The minimum absolute atomic E-state index is 0.0754. The van der Waals surface area contributed by atoms with Gasteiger partial charge in [0.15, 0.2) is 5.82 Å². The molecule has 104 valence electrons. The number of nitrogens with two attached hydrogens (primary N) is 1. The summed E-state index contributed by atoms with van der Waals surface area (Å²) in [6, 6.07) is 0. The van der Waals surface area contributed by atoms with E-state index < -0.39 is 0 Å². The quantitative estimate of drug-likeness (QED) is 0.870. The molecule has 2 N–H and O–H groups in total. The highest BCUT2D eigenvalue weighted by Gasteiger charge is 2.37. The first kappa shape index (κ1) is 12.9. The van der Waals surface area contributed by atoms with Crippen molar-refractivity contribution in [2.24, 2.45) is 5.73 Å². The summed E-state index contributed by atoms with van der Waals surface area (Å²) in [6.45, 7) is 2.47. The Morgan fingerprint density at radius 1 is 1.42 bits per heavy atom. The van der Waals surface area contributed by atoms with Gasteiger partial charge in [0, 0.05) is 32.3 Å². The van der Waals surface area contributed by atoms with Crippen LogP contribution in [0.2, 0.25) is 0 Å². The van der Waals surface area contributed by atoms with Crippen LogP contribution in [0.25, 0.3) is 4.96 Å². The van der Waals surface area contributed by atoms with Gasteiger partial charge in [0.2, 0.25) is 4.96 Å². The van der Waals surface area contributed by atoms with Crippen molar-refractivity contribution in [2.45, 2.75) is 24.9 Å². The Morgan fingerprint density at radius 3 is 2.89 bits per heavy atom. The fourth-order valence-corrected chi connectivity index (χ4v) is 3.47. The van der Waals surface area contributed by atoms with Crippen molar-refractivity contribution in [3.8, 4) is 0 Å². The van der Waals surface area contributed by atoms with E-state index in [-0.39, 0.29) is 5.41 Å². The Labute approximate surface area is 114 Å².